The van der Waals surface area contributed by atoms with Gasteiger partial charge in [-0.25, -0.2) is 13.6 Å². The van der Waals surface area contributed by atoms with Crippen molar-refractivity contribution < 1.29 is 18.7 Å². The van der Waals surface area contributed by atoms with E-state index in [1.807, 2.05) is 0 Å². The van der Waals surface area contributed by atoms with Crippen molar-refractivity contribution in [3.63, 3.8) is 0 Å². The van der Waals surface area contributed by atoms with Crippen molar-refractivity contribution in [2.45, 2.75) is 4.90 Å². The van der Waals surface area contributed by atoms with E-state index in [1.165, 1.54) is 6.07 Å². The van der Waals surface area contributed by atoms with Crippen molar-refractivity contribution in [1.82, 2.24) is 0 Å². The molecule has 8 heteroatoms. The fourth-order valence-electron chi connectivity index (χ4n) is 0.959. The van der Waals surface area contributed by atoms with Crippen LogP contribution in [0.15, 0.2) is 28.3 Å². The third kappa shape index (κ3) is 2.36. The fourth-order valence-corrected chi connectivity index (χ4v) is 1.61. The molecule has 0 atom stereocenters. The number of amidine groups is 1. The first-order valence-electron chi connectivity index (χ1n) is 3.70. The third-order valence-corrected chi connectivity index (χ3v) is 2.61. The molecule has 0 bridgehead atoms. The molecule has 0 heterocycles. The summed E-state index contributed by atoms with van der Waals surface area (Å²) < 4.78 is 22.0. The maximum atomic E-state index is 11.0. The molecule has 1 aromatic rings. The summed E-state index contributed by atoms with van der Waals surface area (Å²) in [5, 5.41) is 25.1. The molecule has 0 saturated carbocycles. The van der Waals surface area contributed by atoms with Crippen molar-refractivity contribution >= 4 is 15.9 Å². The number of rotatable bonds is 2. The standard InChI is InChI=1S/C7H9N3O4S/c8-7(10-12)4-1-2-5(11)6(3-4)15(9,13)14/h1-3,11-12H,(H2,8,10)(H2,9,13,14). The molecule has 0 fully saturated rings. The number of sulfonamides is 1. The fraction of sp³-hybridized carbons (Fsp3) is 0. The predicted molar refractivity (Wildman–Crippen MR) is 52.0 cm³/mol. The zero-order chi connectivity index (χ0) is 11.6. The van der Waals surface area contributed by atoms with Gasteiger partial charge in [-0.1, -0.05) is 5.16 Å². The summed E-state index contributed by atoms with van der Waals surface area (Å²) in [5.41, 5.74) is 5.38. The number of phenolic OH excluding ortho intramolecular Hbond substituents is 1. The second-order valence-electron chi connectivity index (χ2n) is 2.71. The van der Waals surface area contributed by atoms with Gasteiger partial charge in [0.05, 0.1) is 0 Å². The highest BCUT2D eigenvalue weighted by Gasteiger charge is 2.15. The second kappa shape index (κ2) is 3.75. The molecule has 0 aliphatic rings. The summed E-state index contributed by atoms with van der Waals surface area (Å²) in [6, 6.07) is 3.39. The average Bonchev–Trinajstić information content (AvgIpc) is 2.15. The number of nitrogens with zero attached hydrogens (tertiary/aromatic N) is 1. The van der Waals surface area contributed by atoms with Gasteiger partial charge in [0.2, 0.25) is 10.0 Å². The van der Waals surface area contributed by atoms with E-state index < -0.39 is 20.7 Å². The highest BCUT2D eigenvalue weighted by Crippen LogP contribution is 2.22. The molecule has 0 amide bonds. The Labute approximate surface area is 85.7 Å². The minimum Gasteiger partial charge on any atom is -0.507 e. The molecule has 0 radical (unpaired) electrons. The molecule has 82 valence electrons. The Kier molecular flexibility index (Phi) is 2.82. The zero-order valence-corrected chi connectivity index (χ0v) is 8.27. The number of nitrogens with two attached hydrogens (primary N) is 2. The lowest BCUT2D eigenvalue weighted by Crippen LogP contribution is -2.16. The topological polar surface area (TPSA) is 139 Å². The van der Waals surface area contributed by atoms with E-state index in [1.54, 1.807) is 0 Å². The summed E-state index contributed by atoms with van der Waals surface area (Å²) in [4.78, 5) is -0.480. The first-order valence-corrected chi connectivity index (χ1v) is 5.24. The van der Waals surface area contributed by atoms with E-state index in [4.69, 9.17) is 16.1 Å². The van der Waals surface area contributed by atoms with Gasteiger partial charge >= 0.3 is 0 Å². The Morgan fingerprint density at radius 2 is 2.00 bits per heavy atom. The van der Waals surface area contributed by atoms with Gasteiger partial charge in [-0.3, -0.25) is 0 Å². The van der Waals surface area contributed by atoms with Crippen LogP contribution in [0.5, 0.6) is 5.75 Å². The SMILES string of the molecule is N/C(=N/O)c1ccc(O)c(S(N)(=O)=O)c1. The highest BCUT2D eigenvalue weighted by atomic mass is 32.2. The van der Waals surface area contributed by atoms with E-state index in [-0.39, 0.29) is 11.4 Å². The van der Waals surface area contributed by atoms with Crippen LogP contribution in [0.1, 0.15) is 5.56 Å². The predicted octanol–water partition coefficient (Wildman–Crippen LogP) is -0.866. The van der Waals surface area contributed by atoms with Crippen LogP contribution in [0.4, 0.5) is 0 Å². The Hall–Kier alpha value is -1.80. The van der Waals surface area contributed by atoms with Crippen LogP contribution in [-0.2, 0) is 10.0 Å². The molecular weight excluding hydrogens is 222 g/mol. The van der Waals surface area contributed by atoms with Crippen molar-refractivity contribution in [3.8, 4) is 5.75 Å². The smallest absolute Gasteiger partial charge is 0.241 e. The molecule has 6 N–H and O–H groups in total. The minimum atomic E-state index is -4.04. The lowest BCUT2D eigenvalue weighted by molar-refractivity contribution is 0.318. The number of aromatic hydroxyl groups is 1. The molecule has 1 rings (SSSR count). The lowest BCUT2D eigenvalue weighted by Gasteiger charge is -2.04. The zero-order valence-electron chi connectivity index (χ0n) is 7.45. The van der Waals surface area contributed by atoms with Gasteiger partial charge in [0.25, 0.3) is 0 Å². The summed E-state index contributed by atoms with van der Waals surface area (Å²) in [7, 11) is -4.04. The van der Waals surface area contributed by atoms with Crippen LogP contribution in [-0.4, -0.2) is 24.6 Å². The van der Waals surface area contributed by atoms with Crippen LogP contribution in [0.2, 0.25) is 0 Å². The molecule has 0 unspecified atom stereocenters. The first-order chi connectivity index (χ1) is 6.86. The van der Waals surface area contributed by atoms with Crippen LogP contribution in [0.25, 0.3) is 0 Å². The molecule has 15 heavy (non-hydrogen) atoms. The van der Waals surface area contributed by atoms with Gasteiger partial charge < -0.3 is 16.0 Å². The Morgan fingerprint density at radius 3 is 2.47 bits per heavy atom. The maximum Gasteiger partial charge on any atom is 0.241 e. The number of oxime groups is 1. The van der Waals surface area contributed by atoms with Gasteiger partial charge in [-0.05, 0) is 18.2 Å². The molecule has 0 aliphatic heterocycles. The van der Waals surface area contributed by atoms with Crippen molar-refractivity contribution in [1.29, 1.82) is 0 Å². The molecule has 0 saturated heterocycles. The van der Waals surface area contributed by atoms with E-state index in [0.717, 1.165) is 12.1 Å². The number of benzene rings is 1. The van der Waals surface area contributed by atoms with Crippen LogP contribution in [0.3, 0.4) is 0 Å². The number of hydrogen-bond donors (Lipinski definition) is 4. The Balaban J connectivity index is 3.43. The quantitative estimate of drug-likeness (QED) is 0.227. The number of hydrogen-bond acceptors (Lipinski definition) is 5. The number of primary sulfonamides is 1. The van der Waals surface area contributed by atoms with Crippen molar-refractivity contribution in [2.75, 3.05) is 0 Å². The minimum absolute atomic E-state index is 0.138. The number of phenols is 1. The normalized spacial score (nSPS) is 12.7. The van der Waals surface area contributed by atoms with Crippen molar-refractivity contribution in [2.24, 2.45) is 16.0 Å². The molecule has 0 aliphatic carbocycles. The Morgan fingerprint density at radius 1 is 1.40 bits per heavy atom. The van der Waals surface area contributed by atoms with Crippen LogP contribution in [0, 0.1) is 0 Å². The van der Waals surface area contributed by atoms with Gasteiger partial charge in [0, 0.05) is 5.56 Å². The van der Waals surface area contributed by atoms with E-state index in [0.29, 0.717) is 0 Å². The average molecular weight is 231 g/mol. The van der Waals surface area contributed by atoms with Gasteiger partial charge in [0.1, 0.15) is 10.6 Å². The molecule has 0 spiro atoms. The summed E-state index contributed by atoms with van der Waals surface area (Å²) in [5.74, 6) is -0.771. The van der Waals surface area contributed by atoms with Crippen LogP contribution >= 0.6 is 0 Å². The molecule has 0 aromatic heterocycles. The highest BCUT2D eigenvalue weighted by molar-refractivity contribution is 7.89. The monoisotopic (exact) mass is 231 g/mol. The van der Waals surface area contributed by atoms with Gasteiger partial charge in [-0.15, -0.1) is 0 Å². The summed E-state index contributed by atoms with van der Waals surface area (Å²) in [6.07, 6.45) is 0. The lowest BCUT2D eigenvalue weighted by atomic mass is 10.2. The molecule has 7 nitrogen and oxygen atoms in total. The van der Waals surface area contributed by atoms with E-state index >= 15 is 0 Å². The molecule has 1 aromatic carbocycles. The summed E-state index contributed by atoms with van der Waals surface area (Å²) in [6.45, 7) is 0. The van der Waals surface area contributed by atoms with E-state index in [9.17, 15) is 13.5 Å². The second-order valence-corrected chi connectivity index (χ2v) is 4.24. The largest absolute Gasteiger partial charge is 0.507 e. The van der Waals surface area contributed by atoms with Gasteiger partial charge in [-0.2, -0.15) is 0 Å². The van der Waals surface area contributed by atoms with Crippen molar-refractivity contribution in [3.05, 3.63) is 23.8 Å². The summed E-state index contributed by atoms with van der Waals surface area (Å²) >= 11 is 0. The first kappa shape index (κ1) is 11.3. The maximum absolute atomic E-state index is 11.0. The van der Waals surface area contributed by atoms with Gasteiger partial charge in [0.15, 0.2) is 5.84 Å². The third-order valence-electron chi connectivity index (χ3n) is 1.67. The van der Waals surface area contributed by atoms with E-state index in [2.05, 4.69) is 5.16 Å². The van der Waals surface area contributed by atoms with Crippen LogP contribution < -0.4 is 10.9 Å². The Bertz CT molecular complexity index is 509. The molecular formula is C7H9N3O4S.